The van der Waals surface area contributed by atoms with Crippen LogP contribution in [0.15, 0.2) is 42.5 Å². The molecule has 120 valence electrons. The Hall–Kier alpha value is -2.83. The van der Waals surface area contributed by atoms with Crippen molar-refractivity contribution in [2.24, 2.45) is 0 Å². The fourth-order valence-corrected chi connectivity index (χ4v) is 2.30. The molecule has 1 atom stereocenters. The number of carbonyl (C=O) groups excluding carboxylic acids is 1. The first kappa shape index (κ1) is 15.1. The minimum atomic E-state index is -2.95. The van der Waals surface area contributed by atoms with Crippen LogP contribution < -0.4 is 19.5 Å². The summed E-state index contributed by atoms with van der Waals surface area (Å²) < 4.78 is 39.8. The van der Waals surface area contributed by atoms with Crippen molar-refractivity contribution in [2.45, 2.75) is 12.8 Å². The van der Waals surface area contributed by atoms with Crippen LogP contribution in [-0.2, 0) is 0 Å². The Kier molecular flexibility index (Phi) is 4.01. The quantitative estimate of drug-likeness (QED) is 0.940. The average Bonchev–Trinajstić information content (AvgIpc) is 2.54. The molecule has 0 saturated heterocycles. The summed E-state index contributed by atoms with van der Waals surface area (Å²) in [6.07, 6.45) is -0.744. The van der Waals surface area contributed by atoms with E-state index in [1.54, 1.807) is 24.3 Å². The second-order valence-electron chi connectivity index (χ2n) is 4.76. The van der Waals surface area contributed by atoms with Crippen molar-refractivity contribution in [1.29, 1.82) is 0 Å². The van der Waals surface area contributed by atoms with Gasteiger partial charge in [0.2, 0.25) is 0 Å². The minimum Gasteiger partial charge on any atom is -0.493 e. The molecule has 23 heavy (non-hydrogen) atoms. The largest absolute Gasteiger partial charge is 0.493 e. The van der Waals surface area contributed by atoms with Gasteiger partial charge in [-0.2, -0.15) is 8.78 Å². The molecule has 5 nitrogen and oxygen atoms in total. The van der Waals surface area contributed by atoms with Crippen LogP contribution in [0.1, 0.15) is 22.1 Å². The Balaban J connectivity index is 1.89. The SMILES string of the molecule is COc1cc([C@@H]2NC(=O)c3ccccc3O2)ccc1OC(F)F. The number of amides is 1. The molecule has 1 amide bonds. The maximum Gasteiger partial charge on any atom is 0.387 e. The predicted molar refractivity (Wildman–Crippen MR) is 76.9 cm³/mol. The van der Waals surface area contributed by atoms with Crippen LogP contribution in [0.25, 0.3) is 0 Å². The fraction of sp³-hybridized carbons (Fsp3) is 0.188. The molecule has 0 bridgehead atoms. The van der Waals surface area contributed by atoms with Gasteiger partial charge in [-0.25, -0.2) is 0 Å². The number of rotatable bonds is 4. The minimum absolute atomic E-state index is 0.0891. The third-order valence-electron chi connectivity index (χ3n) is 3.35. The summed E-state index contributed by atoms with van der Waals surface area (Å²) in [5.74, 6) is 0.213. The van der Waals surface area contributed by atoms with Gasteiger partial charge in [0.1, 0.15) is 5.75 Å². The number of carbonyl (C=O) groups is 1. The maximum absolute atomic E-state index is 12.3. The second kappa shape index (κ2) is 6.12. The number of hydrogen-bond donors (Lipinski definition) is 1. The van der Waals surface area contributed by atoms with Crippen LogP contribution in [0, 0.1) is 0 Å². The van der Waals surface area contributed by atoms with E-state index >= 15 is 0 Å². The highest BCUT2D eigenvalue weighted by atomic mass is 19.3. The number of ether oxygens (including phenoxy) is 3. The van der Waals surface area contributed by atoms with E-state index in [0.717, 1.165) is 0 Å². The molecule has 0 unspecified atom stereocenters. The molecule has 0 spiro atoms. The highest BCUT2D eigenvalue weighted by Gasteiger charge is 2.27. The fourth-order valence-electron chi connectivity index (χ4n) is 2.30. The smallest absolute Gasteiger partial charge is 0.387 e. The van der Waals surface area contributed by atoms with E-state index < -0.39 is 12.8 Å². The molecule has 0 radical (unpaired) electrons. The van der Waals surface area contributed by atoms with E-state index in [1.807, 2.05) is 0 Å². The third-order valence-corrected chi connectivity index (χ3v) is 3.35. The van der Waals surface area contributed by atoms with Gasteiger partial charge in [0.15, 0.2) is 17.7 Å². The zero-order valence-corrected chi connectivity index (χ0v) is 12.1. The summed E-state index contributed by atoms with van der Waals surface area (Å²) in [6, 6.07) is 11.2. The van der Waals surface area contributed by atoms with Gasteiger partial charge in [0.05, 0.1) is 12.7 Å². The highest BCUT2D eigenvalue weighted by Crippen LogP contribution is 2.34. The molecule has 0 aliphatic carbocycles. The Bertz CT molecular complexity index is 736. The van der Waals surface area contributed by atoms with Crippen molar-refractivity contribution in [3.8, 4) is 17.2 Å². The van der Waals surface area contributed by atoms with E-state index in [2.05, 4.69) is 10.1 Å². The van der Waals surface area contributed by atoms with E-state index in [9.17, 15) is 13.6 Å². The third kappa shape index (κ3) is 3.03. The monoisotopic (exact) mass is 321 g/mol. The maximum atomic E-state index is 12.3. The highest BCUT2D eigenvalue weighted by molar-refractivity contribution is 5.98. The molecule has 1 aliphatic rings. The van der Waals surface area contributed by atoms with Crippen LogP contribution in [0.3, 0.4) is 0 Å². The lowest BCUT2D eigenvalue weighted by atomic mass is 10.1. The number of methoxy groups -OCH3 is 1. The summed E-state index contributed by atoms with van der Waals surface area (Å²) in [4.78, 5) is 12.1. The Labute approximate surface area is 130 Å². The van der Waals surface area contributed by atoms with Gasteiger partial charge in [0.25, 0.3) is 5.91 Å². The molecular formula is C16H13F2NO4. The van der Waals surface area contributed by atoms with E-state index in [1.165, 1.54) is 25.3 Å². The first-order valence-corrected chi connectivity index (χ1v) is 6.78. The van der Waals surface area contributed by atoms with Gasteiger partial charge in [-0.05, 0) is 30.3 Å². The molecule has 7 heteroatoms. The van der Waals surface area contributed by atoms with Crippen molar-refractivity contribution in [3.05, 3.63) is 53.6 Å². The van der Waals surface area contributed by atoms with Gasteiger partial charge in [0, 0.05) is 5.56 Å². The first-order chi connectivity index (χ1) is 11.1. The zero-order valence-electron chi connectivity index (χ0n) is 12.1. The molecule has 3 rings (SSSR count). The molecule has 1 N–H and O–H groups in total. The first-order valence-electron chi connectivity index (χ1n) is 6.78. The van der Waals surface area contributed by atoms with Gasteiger partial charge in [-0.1, -0.05) is 12.1 Å². The van der Waals surface area contributed by atoms with E-state index in [4.69, 9.17) is 9.47 Å². The van der Waals surface area contributed by atoms with Gasteiger partial charge < -0.3 is 19.5 Å². The second-order valence-corrected chi connectivity index (χ2v) is 4.76. The molecule has 0 aromatic heterocycles. The molecule has 2 aromatic rings. The number of para-hydroxylation sites is 1. The van der Waals surface area contributed by atoms with Crippen molar-refractivity contribution >= 4 is 5.91 Å². The van der Waals surface area contributed by atoms with Crippen molar-refractivity contribution in [2.75, 3.05) is 7.11 Å². The standard InChI is InChI=1S/C16H13F2NO4/c1-21-13-8-9(6-7-12(13)23-16(17)18)15-19-14(20)10-4-2-3-5-11(10)22-15/h2-8,15-16H,1H3,(H,19,20)/t15-/m1/s1. The lowest BCUT2D eigenvalue weighted by Crippen LogP contribution is -2.36. The molecule has 0 fully saturated rings. The zero-order chi connectivity index (χ0) is 16.4. The van der Waals surface area contributed by atoms with Crippen LogP contribution in [0.2, 0.25) is 0 Å². The lowest BCUT2D eigenvalue weighted by molar-refractivity contribution is -0.0512. The summed E-state index contributed by atoms with van der Waals surface area (Å²) >= 11 is 0. The topological polar surface area (TPSA) is 56.8 Å². The molecular weight excluding hydrogens is 308 g/mol. The number of halogens is 2. The van der Waals surface area contributed by atoms with Crippen LogP contribution in [0.4, 0.5) is 8.78 Å². The average molecular weight is 321 g/mol. The lowest BCUT2D eigenvalue weighted by Gasteiger charge is -2.27. The molecule has 1 heterocycles. The summed E-state index contributed by atoms with van der Waals surface area (Å²) in [6.45, 7) is -2.95. The number of nitrogens with one attached hydrogen (secondary N) is 1. The Morgan fingerprint density at radius 1 is 1.17 bits per heavy atom. The number of benzene rings is 2. The van der Waals surface area contributed by atoms with Gasteiger partial charge >= 0.3 is 6.61 Å². The van der Waals surface area contributed by atoms with Crippen molar-refractivity contribution in [1.82, 2.24) is 5.32 Å². The van der Waals surface area contributed by atoms with Crippen molar-refractivity contribution in [3.63, 3.8) is 0 Å². The normalized spacial score (nSPS) is 16.3. The van der Waals surface area contributed by atoms with Gasteiger partial charge in [-0.3, -0.25) is 4.79 Å². The van der Waals surface area contributed by atoms with Crippen LogP contribution in [-0.4, -0.2) is 19.6 Å². The van der Waals surface area contributed by atoms with E-state index in [-0.39, 0.29) is 17.4 Å². The molecule has 0 saturated carbocycles. The van der Waals surface area contributed by atoms with Crippen LogP contribution in [0.5, 0.6) is 17.2 Å². The number of hydrogen-bond acceptors (Lipinski definition) is 4. The molecule has 1 aliphatic heterocycles. The van der Waals surface area contributed by atoms with Crippen molar-refractivity contribution < 1.29 is 27.8 Å². The Morgan fingerprint density at radius 2 is 1.96 bits per heavy atom. The van der Waals surface area contributed by atoms with E-state index in [0.29, 0.717) is 16.9 Å². The summed E-state index contributed by atoms with van der Waals surface area (Å²) in [5, 5.41) is 2.69. The van der Waals surface area contributed by atoms with Gasteiger partial charge in [-0.15, -0.1) is 0 Å². The summed E-state index contributed by atoms with van der Waals surface area (Å²) in [7, 11) is 1.34. The number of alkyl halides is 2. The number of fused-ring (bicyclic) bond motifs is 1. The Morgan fingerprint density at radius 3 is 2.70 bits per heavy atom. The summed E-state index contributed by atoms with van der Waals surface area (Å²) in [5.41, 5.74) is 0.986. The van der Waals surface area contributed by atoms with Crippen LogP contribution >= 0.6 is 0 Å². The molecule has 2 aromatic carbocycles. The predicted octanol–water partition coefficient (Wildman–Crippen LogP) is 3.12.